The van der Waals surface area contributed by atoms with E-state index in [0.29, 0.717) is 5.82 Å². The normalized spacial score (nSPS) is 10.9. The van der Waals surface area contributed by atoms with Gasteiger partial charge in [0.2, 0.25) is 0 Å². The molecule has 17 heavy (non-hydrogen) atoms. The molecule has 0 atom stereocenters. The molecule has 0 bridgehead atoms. The van der Waals surface area contributed by atoms with Gasteiger partial charge in [-0.2, -0.15) is 5.10 Å². The predicted molar refractivity (Wildman–Crippen MR) is 65.9 cm³/mol. The highest BCUT2D eigenvalue weighted by atomic mass is 19.1. The molecule has 3 N–H and O–H groups in total. The highest BCUT2D eigenvalue weighted by molar-refractivity contribution is 5.91. The van der Waals surface area contributed by atoms with Crippen LogP contribution in [-0.4, -0.2) is 10.2 Å². The summed E-state index contributed by atoms with van der Waals surface area (Å²) in [7, 11) is 0. The maximum atomic E-state index is 12.8. The van der Waals surface area contributed by atoms with Crippen molar-refractivity contribution in [2.75, 3.05) is 5.73 Å². The molecule has 3 rings (SSSR count). The number of hydrogen-bond acceptors (Lipinski definition) is 2. The van der Waals surface area contributed by atoms with E-state index in [-0.39, 0.29) is 5.82 Å². The van der Waals surface area contributed by atoms with Gasteiger partial charge in [-0.05, 0) is 35.4 Å². The van der Waals surface area contributed by atoms with E-state index in [0.717, 1.165) is 22.0 Å². The molecule has 0 saturated carbocycles. The number of H-pyrrole nitrogens is 1. The molecule has 2 aromatic carbocycles. The van der Waals surface area contributed by atoms with Crippen LogP contribution in [0, 0.1) is 5.82 Å². The largest absolute Gasteiger partial charge is 0.382 e. The molecule has 0 amide bonds. The smallest absolute Gasteiger partial charge is 0.153 e. The number of rotatable bonds is 1. The quantitative estimate of drug-likeness (QED) is 0.671. The highest BCUT2D eigenvalue weighted by Crippen LogP contribution is 2.25. The lowest BCUT2D eigenvalue weighted by molar-refractivity contribution is 0.628. The van der Waals surface area contributed by atoms with Crippen molar-refractivity contribution < 1.29 is 4.39 Å². The second-order valence-corrected chi connectivity index (χ2v) is 3.88. The van der Waals surface area contributed by atoms with Crippen LogP contribution in [0.1, 0.15) is 0 Å². The summed E-state index contributed by atoms with van der Waals surface area (Å²) in [6, 6.07) is 12.2. The summed E-state index contributed by atoms with van der Waals surface area (Å²) in [6.07, 6.45) is 0. The number of nitrogen functional groups attached to an aromatic ring is 1. The third kappa shape index (κ3) is 1.63. The first-order valence-corrected chi connectivity index (χ1v) is 5.23. The van der Waals surface area contributed by atoms with E-state index in [2.05, 4.69) is 10.2 Å². The minimum absolute atomic E-state index is 0.236. The standard InChI is InChI=1S/C13H10FN3/c14-10-4-1-8(2-5-10)9-3-6-11-12(7-9)16-17-13(11)15/h1-7H,(H3,15,16,17). The summed E-state index contributed by atoms with van der Waals surface area (Å²) in [5.41, 5.74) is 8.53. The zero-order valence-corrected chi connectivity index (χ0v) is 8.94. The van der Waals surface area contributed by atoms with Crippen molar-refractivity contribution in [3.63, 3.8) is 0 Å². The van der Waals surface area contributed by atoms with Crippen LogP contribution in [0.15, 0.2) is 42.5 Å². The van der Waals surface area contributed by atoms with E-state index in [1.54, 1.807) is 12.1 Å². The third-order valence-electron chi connectivity index (χ3n) is 2.77. The number of fused-ring (bicyclic) bond motifs is 1. The Bertz CT molecular complexity index is 671. The van der Waals surface area contributed by atoms with E-state index in [1.165, 1.54) is 12.1 Å². The van der Waals surface area contributed by atoms with Crippen molar-refractivity contribution in [2.45, 2.75) is 0 Å². The number of halogens is 1. The van der Waals surface area contributed by atoms with Crippen LogP contribution in [0.5, 0.6) is 0 Å². The Labute approximate surface area is 97.1 Å². The Morgan fingerprint density at radius 3 is 2.47 bits per heavy atom. The summed E-state index contributed by atoms with van der Waals surface area (Å²) in [6.45, 7) is 0. The first-order valence-electron chi connectivity index (χ1n) is 5.23. The Hall–Kier alpha value is -2.36. The molecule has 3 aromatic rings. The minimum Gasteiger partial charge on any atom is -0.382 e. The molecule has 1 heterocycles. The van der Waals surface area contributed by atoms with Crippen molar-refractivity contribution >= 4 is 16.7 Å². The van der Waals surface area contributed by atoms with Gasteiger partial charge in [0, 0.05) is 5.39 Å². The molecular weight excluding hydrogens is 217 g/mol. The molecule has 1 aromatic heterocycles. The molecule has 84 valence electrons. The Morgan fingerprint density at radius 1 is 1.00 bits per heavy atom. The number of hydrogen-bond donors (Lipinski definition) is 2. The molecule has 0 saturated heterocycles. The van der Waals surface area contributed by atoms with Crippen molar-refractivity contribution in [3.05, 3.63) is 48.3 Å². The van der Waals surface area contributed by atoms with Gasteiger partial charge in [-0.25, -0.2) is 4.39 Å². The average molecular weight is 227 g/mol. The van der Waals surface area contributed by atoms with Crippen LogP contribution in [0.3, 0.4) is 0 Å². The van der Waals surface area contributed by atoms with Gasteiger partial charge >= 0.3 is 0 Å². The Morgan fingerprint density at radius 2 is 1.71 bits per heavy atom. The van der Waals surface area contributed by atoms with Crippen molar-refractivity contribution in [1.82, 2.24) is 10.2 Å². The van der Waals surface area contributed by atoms with Crippen LogP contribution in [0.4, 0.5) is 10.2 Å². The van der Waals surface area contributed by atoms with Gasteiger partial charge in [-0.1, -0.05) is 18.2 Å². The fourth-order valence-corrected chi connectivity index (χ4v) is 1.86. The number of nitrogens with one attached hydrogen (secondary N) is 1. The molecular formula is C13H10FN3. The lowest BCUT2D eigenvalue weighted by atomic mass is 10.0. The van der Waals surface area contributed by atoms with Gasteiger partial charge < -0.3 is 5.73 Å². The van der Waals surface area contributed by atoms with E-state index in [4.69, 9.17) is 5.73 Å². The van der Waals surface area contributed by atoms with Gasteiger partial charge in [-0.15, -0.1) is 0 Å². The maximum Gasteiger partial charge on any atom is 0.153 e. The van der Waals surface area contributed by atoms with Crippen molar-refractivity contribution in [1.29, 1.82) is 0 Å². The zero-order chi connectivity index (χ0) is 11.8. The van der Waals surface area contributed by atoms with Crippen LogP contribution in [0.2, 0.25) is 0 Å². The van der Waals surface area contributed by atoms with Gasteiger partial charge in [0.15, 0.2) is 5.82 Å². The highest BCUT2D eigenvalue weighted by Gasteiger charge is 2.04. The monoisotopic (exact) mass is 227 g/mol. The fourth-order valence-electron chi connectivity index (χ4n) is 1.86. The molecule has 0 unspecified atom stereocenters. The molecule has 0 aliphatic carbocycles. The van der Waals surface area contributed by atoms with E-state index in [9.17, 15) is 4.39 Å². The Balaban J connectivity index is 2.14. The summed E-state index contributed by atoms with van der Waals surface area (Å²) in [4.78, 5) is 0. The summed E-state index contributed by atoms with van der Waals surface area (Å²) in [5.74, 6) is 0.256. The van der Waals surface area contributed by atoms with Crippen molar-refractivity contribution in [3.8, 4) is 11.1 Å². The predicted octanol–water partition coefficient (Wildman–Crippen LogP) is 2.95. The SMILES string of the molecule is Nc1n[nH]c2cc(-c3ccc(F)cc3)ccc12. The summed E-state index contributed by atoms with van der Waals surface area (Å²) >= 11 is 0. The molecule has 0 aliphatic heterocycles. The van der Waals surface area contributed by atoms with Crippen LogP contribution < -0.4 is 5.73 Å². The fraction of sp³-hybridized carbons (Fsp3) is 0. The van der Waals surface area contributed by atoms with Crippen molar-refractivity contribution in [2.24, 2.45) is 0 Å². The van der Waals surface area contributed by atoms with Crippen LogP contribution in [-0.2, 0) is 0 Å². The number of aromatic amines is 1. The second-order valence-electron chi connectivity index (χ2n) is 3.88. The number of nitrogens with two attached hydrogens (primary N) is 1. The van der Waals surface area contributed by atoms with Gasteiger partial charge in [0.25, 0.3) is 0 Å². The first kappa shape index (κ1) is 9.84. The van der Waals surface area contributed by atoms with Gasteiger partial charge in [0.1, 0.15) is 5.82 Å². The first-order chi connectivity index (χ1) is 8.24. The van der Waals surface area contributed by atoms with E-state index < -0.39 is 0 Å². The van der Waals surface area contributed by atoms with E-state index in [1.807, 2.05) is 18.2 Å². The number of benzene rings is 2. The van der Waals surface area contributed by atoms with E-state index >= 15 is 0 Å². The second kappa shape index (κ2) is 3.59. The van der Waals surface area contributed by atoms with Crippen LogP contribution >= 0.6 is 0 Å². The van der Waals surface area contributed by atoms with Gasteiger partial charge in [-0.3, -0.25) is 5.10 Å². The molecule has 0 spiro atoms. The lowest BCUT2D eigenvalue weighted by Crippen LogP contribution is -1.83. The van der Waals surface area contributed by atoms with Crippen LogP contribution in [0.25, 0.3) is 22.0 Å². The minimum atomic E-state index is -0.236. The zero-order valence-electron chi connectivity index (χ0n) is 8.94. The maximum absolute atomic E-state index is 12.8. The molecule has 0 fully saturated rings. The molecule has 4 heteroatoms. The Kier molecular flexibility index (Phi) is 2.08. The lowest BCUT2D eigenvalue weighted by Gasteiger charge is -2.01. The molecule has 0 aliphatic rings. The number of anilines is 1. The topological polar surface area (TPSA) is 54.7 Å². The number of nitrogens with zero attached hydrogens (tertiary/aromatic N) is 1. The number of aromatic nitrogens is 2. The third-order valence-corrected chi connectivity index (χ3v) is 2.77. The average Bonchev–Trinajstić information content (AvgIpc) is 2.72. The summed E-state index contributed by atoms with van der Waals surface area (Å²) in [5, 5.41) is 7.70. The molecule has 0 radical (unpaired) electrons. The molecule has 3 nitrogen and oxygen atoms in total. The summed E-state index contributed by atoms with van der Waals surface area (Å²) < 4.78 is 12.8. The van der Waals surface area contributed by atoms with Gasteiger partial charge in [0.05, 0.1) is 5.52 Å².